The Kier molecular flexibility index (Phi) is 8.89. The molecule has 2 unspecified atom stereocenters. The fraction of sp³-hybridized carbons (Fsp3) is 0.258. The Morgan fingerprint density at radius 2 is 1.71 bits per heavy atom. The summed E-state index contributed by atoms with van der Waals surface area (Å²) in [6.45, 7) is 3.83. The number of carbonyl (C=O) groups is 2. The van der Waals surface area contributed by atoms with Gasteiger partial charge >= 0.3 is 18.2 Å². The molecule has 1 aliphatic heterocycles. The number of nitrogens with one attached hydrogen (secondary N) is 1. The van der Waals surface area contributed by atoms with Crippen LogP contribution in [0.1, 0.15) is 35.0 Å². The minimum Gasteiger partial charge on any atom is -0.444 e. The van der Waals surface area contributed by atoms with Crippen molar-refractivity contribution in [1.82, 2.24) is 24.5 Å². The normalized spacial score (nSPS) is 15.6. The first-order valence-corrected chi connectivity index (χ1v) is 16.3. The maximum absolute atomic E-state index is 13.5. The quantitative estimate of drug-likeness (QED) is 0.163. The van der Waals surface area contributed by atoms with Gasteiger partial charge in [0, 0.05) is 30.4 Å². The molecule has 0 aliphatic carbocycles. The van der Waals surface area contributed by atoms with Crippen LogP contribution in [0.5, 0.6) is 0 Å². The standard InChI is InChI=1S/C31H29F3N6O8S/c1-20-8-10-22(11-9-20)27-18-28(31(32,33)34)35-38(27)24-12-14-26(15-13-24)49(43,44)36-30(42)46-25-16-17-37(19-25)39-40(48-39)47-21(2)45-29(41)23-6-4-3-5-7-23/h3-15,18,21,25H,16-17,19H2,1-2H3,(H,36,42). The second-order valence-electron chi connectivity index (χ2n) is 11.0. The first-order chi connectivity index (χ1) is 23.3. The Morgan fingerprint density at radius 1 is 1.02 bits per heavy atom. The van der Waals surface area contributed by atoms with Crippen molar-refractivity contribution in [3.05, 3.63) is 102 Å². The Bertz CT molecular complexity index is 2030. The molecule has 0 bridgehead atoms. The number of aryl methyl sites for hydroxylation is 1. The number of ether oxygens (including phenoxy) is 2. The highest BCUT2D eigenvalue weighted by molar-refractivity contribution is 7.90. The molecule has 49 heavy (non-hydrogen) atoms. The summed E-state index contributed by atoms with van der Waals surface area (Å²) in [5.74, 6) is -0.585. The smallest absolute Gasteiger partial charge is 0.435 e. The van der Waals surface area contributed by atoms with E-state index in [-0.39, 0.29) is 22.8 Å². The van der Waals surface area contributed by atoms with E-state index in [2.05, 4.69) is 5.10 Å². The summed E-state index contributed by atoms with van der Waals surface area (Å²) in [5, 5.41) is 6.30. The number of sulfonamides is 1. The van der Waals surface area contributed by atoms with Crippen LogP contribution < -0.4 is 14.6 Å². The molecule has 1 amide bonds. The van der Waals surface area contributed by atoms with Crippen LogP contribution in [0.2, 0.25) is 0 Å². The number of rotatable bonds is 10. The van der Waals surface area contributed by atoms with Crippen molar-refractivity contribution in [2.45, 2.75) is 43.7 Å². The molecule has 0 saturated carbocycles. The Labute approximate surface area is 277 Å². The number of carbonyl (C=O) groups excluding carboxylic acids is 2. The van der Waals surface area contributed by atoms with Crippen molar-refractivity contribution in [3.63, 3.8) is 0 Å². The third kappa shape index (κ3) is 7.75. The Morgan fingerprint density at radius 3 is 2.39 bits per heavy atom. The van der Waals surface area contributed by atoms with E-state index in [1.165, 1.54) is 24.0 Å². The van der Waals surface area contributed by atoms with Crippen molar-refractivity contribution < 1.29 is 50.1 Å². The molecule has 18 heteroatoms. The zero-order chi connectivity index (χ0) is 34.9. The predicted molar refractivity (Wildman–Crippen MR) is 164 cm³/mol. The summed E-state index contributed by atoms with van der Waals surface area (Å²) in [6.07, 6.45) is -7.30. The van der Waals surface area contributed by atoms with E-state index in [9.17, 15) is 31.2 Å². The monoisotopic (exact) mass is 702 g/mol. The van der Waals surface area contributed by atoms with Crippen LogP contribution in [0, 0.1) is 6.92 Å². The first-order valence-electron chi connectivity index (χ1n) is 14.8. The minimum atomic E-state index is -4.71. The number of alkyl halides is 3. The number of halogens is 3. The summed E-state index contributed by atoms with van der Waals surface area (Å²) < 4.78 is 85.1. The largest absolute Gasteiger partial charge is 0.444 e. The highest BCUT2D eigenvalue weighted by Crippen LogP contribution is 2.33. The molecule has 5 aromatic rings. The number of hydrogen-bond donors (Lipinski definition) is 1. The molecular weight excluding hydrogens is 673 g/mol. The van der Waals surface area contributed by atoms with Crippen LogP contribution in [0.25, 0.3) is 16.9 Å². The second kappa shape index (κ2) is 13.1. The zero-order valence-electron chi connectivity index (χ0n) is 25.9. The average Bonchev–Trinajstić information content (AvgIpc) is 3.42. The van der Waals surface area contributed by atoms with Crippen molar-refractivity contribution in [2.24, 2.45) is 0 Å². The molecule has 3 heterocycles. The summed E-state index contributed by atoms with van der Waals surface area (Å²) in [4.78, 5) is 31.0. The number of amides is 1. The van der Waals surface area contributed by atoms with Crippen LogP contribution in [-0.2, 0) is 25.7 Å². The van der Waals surface area contributed by atoms with E-state index in [1.807, 2.05) is 11.6 Å². The Hall–Kier alpha value is -5.65. The number of hydrogen-bond acceptors (Lipinski definition) is 10. The van der Waals surface area contributed by atoms with E-state index < -0.39 is 46.4 Å². The first kappa shape index (κ1) is 33.3. The predicted octanol–water partition coefficient (Wildman–Crippen LogP) is 4.52. The van der Waals surface area contributed by atoms with Gasteiger partial charge in [-0.1, -0.05) is 48.0 Å². The van der Waals surface area contributed by atoms with Gasteiger partial charge in [0.2, 0.25) is 0 Å². The molecule has 2 aromatic heterocycles. The van der Waals surface area contributed by atoms with E-state index in [1.54, 1.807) is 59.6 Å². The van der Waals surface area contributed by atoms with E-state index in [0.717, 1.165) is 33.5 Å². The molecule has 3 aromatic carbocycles. The topological polar surface area (TPSA) is 152 Å². The van der Waals surface area contributed by atoms with Crippen molar-refractivity contribution in [2.75, 3.05) is 18.1 Å². The van der Waals surface area contributed by atoms with E-state index in [0.29, 0.717) is 24.1 Å². The molecule has 0 spiro atoms. The fourth-order valence-corrected chi connectivity index (χ4v) is 5.80. The van der Waals surface area contributed by atoms with Crippen molar-refractivity contribution in [3.8, 4) is 16.9 Å². The van der Waals surface area contributed by atoms with Gasteiger partial charge < -0.3 is 14.3 Å². The number of benzene rings is 3. The average molecular weight is 703 g/mol. The van der Waals surface area contributed by atoms with Gasteiger partial charge in [0.25, 0.3) is 16.3 Å². The summed E-state index contributed by atoms with van der Waals surface area (Å²) in [5.41, 5.74) is 0.945. The fourth-order valence-electron chi connectivity index (χ4n) is 4.92. The summed E-state index contributed by atoms with van der Waals surface area (Å²) >= 11 is 0. The highest BCUT2D eigenvalue weighted by atomic mass is 32.2. The molecule has 258 valence electrons. The van der Waals surface area contributed by atoms with Crippen molar-refractivity contribution in [1.29, 1.82) is 0 Å². The Balaban J connectivity index is 1.03. The highest BCUT2D eigenvalue weighted by Gasteiger charge is 2.36. The molecule has 1 saturated heterocycles. The third-order valence-electron chi connectivity index (χ3n) is 7.37. The van der Waals surface area contributed by atoms with Gasteiger partial charge in [-0.15, -0.1) is 0 Å². The zero-order valence-corrected chi connectivity index (χ0v) is 26.7. The van der Waals surface area contributed by atoms with Crippen LogP contribution in [0.3, 0.4) is 0 Å². The van der Waals surface area contributed by atoms with Gasteiger partial charge in [-0.3, -0.25) is 5.01 Å². The second-order valence-corrected chi connectivity index (χ2v) is 12.7. The molecular formula is C31H29F3N6O8S. The van der Waals surface area contributed by atoms with Gasteiger partial charge in [0.15, 0.2) is 5.69 Å². The van der Waals surface area contributed by atoms with Crippen LogP contribution in [0.4, 0.5) is 18.0 Å². The van der Waals surface area contributed by atoms with Crippen LogP contribution in [0.15, 0.2) is 94.5 Å². The van der Waals surface area contributed by atoms with Crippen LogP contribution >= 0.6 is 0 Å². The van der Waals surface area contributed by atoms with Crippen LogP contribution in [-0.4, -0.2) is 65.7 Å². The lowest BCUT2D eigenvalue weighted by molar-refractivity contribution is -0.141. The maximum Gasteiger partial charge on any atom is 0.435 e. The molecule has 2 atom stereocenters. The number of aromatic nitrogens is 4. The minimum absolute atomic E-state index is 0.132. The van der Waals surface area contributed by atoms with Gasteiger partial charge in [-0.25, -0.2) is 27.4 Å². The molecule has 14 nitrogen and oxygen atoms in total. The van der Waals surface area contributed by atoms with Crippen molar-refractivity contribution >= 4 is 22.1 Å². The van der Waals surface area contributed by atoms with E-state index in [4.69, 9.17) is 18.9 Å². The SMILES string of the molecule is Cc1ccc(-c2cc(C(F)(F)F)nn2-c2ccc(S(=O)(=O)NC(=O)OC3CCN(n4on4OC(C)OC(=O)c4ccccc4)C3)cc2)cc1. The summed E-state index contributed by atoms with van der Waals surface area (Å²) in [6, 6.07) is 20.9. The van der Waals surface area contributed by atoms with E-state index >= 15 is 0 Å². The van der Waals surface area contributed by atoms with Gasteiger partial charge in [-0.05, 0) is 49.4 Å². The number of nitrogens with zero attached hydrogens (tertiary/aromatic N) is 5. The molecule has 1 fully saturated rings. The molecule has 6 rings (SSSR count). The van der Waals surface area contributed by atoms with Gasteiger partial charge in [-0.2, -0.15) is 22.9 Å². The third-order valence-corrected chi connectivity index (χ3v) is 8.70. The lowest BCUT2D eigenvalue weighted by Gasteiger charge is -2.14. The molecule has 1 N–H and O–H groups in total. The molecule has 0 radical (unpaired) electrons. The summed E-state index contributed by atoms with van der Waals surface area (Å²) in [7, 11) is -4.41. The lowest BCUT2D eigenvalue weighted by Crippen LogP contribution is -2.37. The van der Waals surface area contributed by atoms with Gasteiger partial charge in [0.05, 0.1) is 28.4 Å². The molecule has 1 aliphatic rings. The van der Waals surface area contributed by atoms with Gasteiger partial charge in [0.1, 0.15) is 11.1 Å². The lowest BCUT2D eigenvalue weighted by atomic mass is 10.1. The number of esters is 1. The maximum atomic E-state index is 13.5.